The molecule has 0 fully saturated rings. The monoisotopic (exact) mass is 258 g/mol. The van der Waals surface area contributed by atoms with Gasteiger partial charge in [0.1, 0.15) is 11.4 Å². The van der Waals surface area contributed by atoms with Gasteiger partial charge in [-0.25, -0.2) is 9.78 Å². The average Bonchev–Trinajstić information content (AvgIpc) is 2.46. The summed E-state index contributed by atoms with van der Waals surface area (Å²) in [5, 5.41) is 8.94. The van der Waals surface area contributed by atoms with Crippen molar-refractivity contribution < 1.29 is 14.6 Å². The number of methoxy groups -OCH3 is 1. The van der Waals surface area contributed by atoms with E-state index in [1.807, 2.05) is 36.2 Å². The number of carbonyl (C=O) groups is 1. The molecule has 0 amide bonds. The number of carboxylic acids is 1. The van der Waals surface area contributed by atoms with Crippen molar-refractivity contribution in [1.29, 1.82) is 0 Å². The summed E-state index contributed by atoms with van der Waals surface area (Å²) in [7, 11) is 3.46. The van der Waals surface area contributed by atoms with Gasteiger partial charge in [0.2, 0.25) is 0 Å². The Morgan fingerprint density at radius 3 is 2.68 bits per heavy atom. The highest BCUT2D eigenvalue weighted by Gasteiger charge is 2.09. The van der Waals surface area contributed by atoms with E-state index in [0.717, 1.165) is 17.1 Å². The molecule has 19 heavy (non-hydrogen) atoms. The lowest BCUT2D eigenvalue weighted by molar-refractivity contribution is 0.0690. The van der Waals surface area contributed by atoms with E-state index in [1.165, 1.54) is 12.3 Å². The molecule has 0 spiro atoms. The second-order valence-electron chi connectivity index (χ2n) is 3.96. The van der Waals surface area contributed by atoms with Crippen LogP contribution >= 0.6 is 0 Å². The van der Waals surface area contributed by atoms with E-state index in [-0.39, 0.29) is 5.69 Å². The van der Waals surface area contributed by atoms with Crippen LogP contribution in [-0.4, -0.2) is 30.2 Å². The predicted octanol–water partition coefficient (Wildman–Crippen LogP) is 2.56. The lowest BCUT2D eigenvalue weighted by Crippen LogP contribution is -2.11. The standard InChI is InChI=1S/C14H14N2O3/c1-16(10-4-3-5-12(8-10)19-2)11-6-7-15-13(9-11)14(17)18/h3-9H,1-2H3,(H,17,18). The Morgan fingerprint density at radius 2 is 2.00 bits per heavy atom. The van der Waals surface area contributed by atoms with Gasteiger partial charge in [0.15, 0.2) is 0 Å². The predicted molar refractivity (Wildman–Crippen MR) is 72.3 cm³/mol. The molecule has 0 saturated heterocycles. The number of anilines is 2. The molecule has 0 aliphatic rings. The SMILES string of the molecule is COc1cccc(N(C)c2ccnc(C(=O)O)c2)c1. The molecule has 1 aromatic carbocycles. The maximum atomic E-state index is 10.9. The first-order valence-electron chi connectivity index (χ1n) is 5.69. The number of hydrogen-bond acceptors (Lipinski definition) is 4. The van der Waals surface area contributed by atoms with Gasteiger partial charge in [0.25, 0.3) is 0 Å². The van der Waals surface area contributed by atoms with Crippen LogP contribution in [0.2, 0.25) is 0 Å². The number of pyridine rings is 1. The third-order valence-corrected chi connectivity index (χ3v) is 2.79. The van der Waals surface area contributed by atoms with Crippen LogP contribution in [0.1, 0.15) is 10.5 Å². The van der Waals surface area contributed by atoms with Gasteiger partial charge in [-0.05, 0) is 24.3 Å². The minimum atomic E-state index is -1.04. The van der Waals surface area contributed by atoms with Crippen LogP contribution < -0.4 is 9.64 Å². The van der Waals surface area contributed by atoms with Gasteiger partial charge in [-0.15, -0.1) is 0 Å². The third-order valence-electron chi connectivity index (χ3n) is 2.79. The Balaban J connectivity index is 2.35. The summed E-state index contributed by atoms with van der Waals surface area (Å²) >= 11 is 0. The third kappa shape index (κ3) is 2.82. The van der Waals surface area contributed by atoms with Crippen LogP contribution in [0.15, 0.2) is 42.6 Å². The largest absolute Gasteiger partial charge is 0.497 e. The number of nitrogens with zero attached hydrogens (tertiary/aromatic N) is 2. The van der Waals surface area contributed by atoms with E-state index in [4.69, 9.17) is 9.84 Å². The topological polar surface area (TPSA) is 62.7 Å². The second-order valence-corrected chi connectivity index (χ2v) is 3.96. The highest BCUT2D eigenvalue weighted by Crippen LogP contribution is 2.26. The smallest absolute Gasteiger partial charge is 0.354 e. The number of rotatable bonds is 4. The summed E-state index contributed by atoms with van der Waals surface area (Å²) in [6, 6.07) is 10.8. The Morgan fingerprint density at radius 1 is 1.26 bits per heavy atom. The van der Waals surface area contributed by atoms with Crippen molar-refractivity contribution in [3.63, 3.8) is 0 Å². The minimum Gasteiger partial charge on any atom is -0.497 e. The van der Waals surface area contributed by atoms with Crippen LogP contribution in [0.3, 0.4) is 0 Å². The van der Waals surface area contributed by atoms with Gasteiger partial charge in [-0.3, -0.25) is 0 Å². The number of ether oxygens (including phenoxy) is 1. The molecule has 2 rings (SSSR count). The molecule has 1 N–H and O–H groups in total. The lowest BCUT2D eigenvalue weighted by Gasteiger charge is -2.20. The van der Waals surface area contributed by atoms with Crippen molar-refractivity contribution >= 4 is 17.3 Å². The molecule has 2 aromatic rings. The van der Waals surface area contributed by atoms with Crippen molar-refractivity contribution in [3.05, 3.63) is 48.3 Å². The normalized spacial score (nSPS) is 10.0. The van der Waals surface area contributed by atoms with Crippen molar-refractivity contribution in [1.82, 2.24) is 4.98 Å². The average molecular weight is 258 g/mol. The van der Waals surface area contributed by atoms with E-state index in [9.17, 15) is 4.79 Å². The molecule has 1 aromatic heterocycles. The fraction of sp³-hybridized carbons (Fsp3) is 0.143. The van der Waals surface area contributed by atoms with E-state index in [0.29, 0.717) is 0 Å². The van der Waals surface area contributed by atoms with Crippen molar-refractivity contribution in [2.45, 2.75) is 0 Å². The molecule has 5 heteroatoms. The van der Waals surface area contributed by atoms with Gasteiger partial charge in [0, 0.05) is 30.7 Å². The number of aromatic carboxylic acids is 1. The van der Waals surface area contributed by atoms with Crippen molar-refractivity contribution in [3.8, 4) is 5.75 Å². The van der Waals surface area contributed by atoms with Crippen LogP contribution in [-0.2, 0) is 0 Å². The Labute approximate surface area is 111 Å². The molecule has 0 saturated carbocycles. The molecule has 0 unspecified atom stereocenters. The molecule has 0 atom stereocenters. The van der Waals surface area contributed by atoms with E-state index >= 15 is 0 Å². The van der Waals surface area contributed by atoms with E-state index in [2.05, 4.69) is 4.98 Å². The van der Waals surface area contributed by atoms with Crippen molar-refractivity contribution in [2.75, 3.05) is 19.1 Å². The molecule has 5 nitrogen and oxygen atoms in total. The molecule has 0 aliphatic carbocycles. The molecular formula is C14H14N2O3. The molecule has 0 aliphatic heterocycles. The number of aromatic nitrogens is 1. The van der Waals surface area contributed by atoms with Crippen LogP contribution in [0.5, 0.6) is 5.75 Å². The summed E-state index contributed by atoms with van der Waals surface area (Å²) in [6.07, 6.45) is 1.48. The van der Waals surface area contributed by atoms with Gasteiger partial charge in [0.05, 0.1) is 7.11 Å². The van der Waals surface area contributed by atoms with Gasteiger partial charge >= 0.3 is 5.97 Å². The Hall–Kier alpha value is -2.56. The number of benzene rings is 1. The van der Waals surface area contributed by atoms with E-state index in [1.54, 1.807) is 13.2 Å². The quantitative estimate of drug-likeness (QED) is 0.913. The number of hydrogen-bond donors (Lipinski definition) is 1. The fourth-order valence-corrected chi connectivity index (χ4v) is 1.71. The summed E-state index contributed by atoms with van der Waals surface area (Å²) in [5.74, 6) is -0.294. The summed E-state index contributed by atoms with van der Waals surface area (Å²) in [6.45, 7) is 0. The van der Waals surface area contributed by atoms with Gasteiger partial charge in [-0.1, -0.05) is 6.07 Å². The summed E-state index contributed by atoms with van der Waals surface area (Å²) in [4.78, 5) is 16.6. The maximum absolute atomic E-state index is 10.9. The van der Waals surface area contributed by atoms with E-state index < -0.39 is 5.97 Å². The zero-order valence-corrected chi connectivity index (χ0v) is 10.7. The first-order chi connectivity index (χ1) is 9.11. The van der Waals surface area contributed by atoms with Gasteiger partial charge < -0.3 is 14.7 Å². The highest BCUT2D eigenvalue weighted by molar-refractivity contribution is 5.86. The zero-order valence-electron chi connectivity index (χ0n) is 10.7. The first-order valence-corrected chi connectivity index (χ1v) is 5.69. The first kappa shape index (κ1) is 12.9. The Bertz CT molecular complexity index is 599. The second kappa shape index (κ2) is 5.39. The fourth-order valence-electron chi connectivity index (χ4n) is 1.71. The lowest BCUT2D eigenvalue weighted by atomic mass is 10.2. The Kier molecular flexibility index (Phi) is 3.66. The molecule has 98 valence electrons. The van der Waals surface area contributed by atoms with Crippen LogP contribution in [0.4, 0.5) is 11.4 Å². The van der Waals surface area contributed by atoms with Gasteiger partial charge in [-0.2, -0.15) is 0 Å². The summed E-state index contributed by atoms with van der Waals surface area (Å²) in [5.41, 5.74) is 1.68. The molecule has 0 bridgehead atoms. The minimum absolute atomic E-state index is 0.0206. The van der Waals surface area contributed by atoms with Crippen LogP contribution in [0, 0.1) is 0 Å². The zero-order chi connectivity index (χ0) is 13.8. The maximum Gasteiger partial charge on any atom is 0.354 e. The number of carboxylic acid groups (broad SMARTS) is 1. The highest BCUT2D eigenvalue weighted by atomic mass is 16.5. The van der Waals surface area contributed by atoms with Crippen molar-refractivity contribution in [2.24, 2.45) is 0 Å². The van der Waals surface area contributed by atoms with Crippen LogP contribution in [0.25, 0.3) is 0 Å². The molecule has 0 radical (unpaired) electrons. The molecule has 1 heterocycles. The summed E-state index contributed by atoms with van der Waals surface area (Å²) < 4.78 is 5.17. The molecular weight excluding hydrogens is 244 g/mol.